The molecule has 0 radical (unpaired) electrons. The molecule has 1 aromatic carbocycles. The Labute approximate surface area is 163 Å². The molecule has 7 heteroatoms. The largest absolute Gasteiger partial charge is 0.345 e. The van der Waals surface area contributed by atoms with Gasteiger partial charge in [-0.2, -0.15) is 16.9 Å². The molecule has 2 atom stereocenters. The topological polar surface area (TPSA) is 76.0 Å². The highest BCUT2D eigenvalue weighted by atomic mass is 32.2. The molecule has 4 rings (SSSR count). The normalized spacial score (nSPS) is 21.5. The molecule has 1 fully saturated rings. The van der Waals surface area contributed by atoms with Gasteiger partial charge in [0.2, 0.25) is 0 Å². The second-order valence-corrected chi connectivity index (χ2v) is 8.30. The summed E-state index contributed by atoms with van der Waals surface area (Å²) in [6, 6.07) is 9.76. The minimum Gasteiger partial charge on any atom is -0.345 e. The molecule has 2 aliphatic rings. The lowest BCUT2D eigenvalue weighted by atomic mass is 9.86. The van der Waals surface area contributed by atoms with Crippen molar-refractivity contribution in [2.75, 3.05) is 5.32 Å². The molecule has 2 aromatic rings. The first-order chi connectivity index (χ1) is 13.1. The molecular weight excluding hydrogens is 360 g/mol. The first-order valence-corrected chi connectivity index (χ1v) is 10.6. The highest BCUT2D eigenvalue weighted by Crippen LogP contribution is 2.36. The van der Waals surface area contributed by atoms with Crippen LogP contribution in [0.25, 0.3) is 5.69 Å². The van der Waals surface area contributed by atoms with Crippen molar-refractivity contribution in [2.45, 2.75) is 50.2 Å². The zero-order valence-corrected chi connectivity index (χ0v) is 16.2. The van der Waals surface area contributed by atoms with Crippen LogP contribution in [0.3, 0.4) is 0 Å². The first kappa shape index (κ1) is 18.1. The fraction of sp³-hybridized carbons (Fsp3) is 0.450. The number of aromatic nitrogens is 2. The van der Waals surface area contributed by atoms with E-state index in [0.29, 0.717) is 11.7 Å². The predicted octanol–water partition coefficient (Wildman–Crippen LogP) is 3.25. The summed E-state index contributed by atoms with van der Waals surface area (Å²) in [5.74, 6) is 1.45. The van der Waals surface area contributed by atoms with Crippen molar-refractivity contribution >= 4 is 29.4 Å². The molecule has 1 aromatic heterocycles. The Hall–Kier alpha value is -2.28. The number of hydrogen-bond donors (Lipinski definition) is 2. The number of thioether (sulfide) groups is 1. The number of carbonyl (C=O) groups is 2. The smallest absolute Gasteiger partial charge is 0.314 e. The SMILES string of the molecule is C[C@H]1CCCC[C@H]1NC(=O)C(=O)Nc1c2c(nn1-c1ccccc1)CSC2. The van der Waals surface area contributed by atoms with E-state index in [9.17, 15) is 9.59 Å². The van der Waals surface area contributed by atoms with Gasteiger partial charge in [0.1, 0.15) is 5.82 Å². The van der Waals surface area contributed by atoms with Crippen LogP contribution < -0.4 is 10.6 Å². The van der Waals surface area contributed by atoms with E-state index >= 15 is 0 Å². The van der Waals surface area contributed by atoms with Gasteiger partial charge < -0.3 is 10.6 Å². The van der Waals surface area contributed by atoms with Crippen molar-refractivity contribution in [1.29, 1.82) is 0 Å². The Balaban J connectivity index is 1.53. The van der Waals surface area contributed by atoms with E-state index in [1.54, 1.807) is 16.4 Å². The molecule has 27 heavy (non-hydrogen) atoms. The first-order valence-electron chi connectivity index (χ1n) is 9.49. The molecule has 6 nitrogen and oxygen atoms in total. The zero-order chi connectivity index (χ0) is 18.8. The summed E-state index contributed by atoms with van der Waals surface area (Å²) < 4.78 is 1.73. The van der Waals surface area contributed by atoms with Gasteiger partial charge in [0, 0.05) is 23.1 Å². The van der Waals surface area contributed by atoms with Gasteiger partial charge in [0.25, 0.3) is 0 Å². The van der Waals surface area contributed by atoms with Crippen LogP contribution in [-0.2, 0) is 21.1 Å². The summed E-state index contributed by atoms with van der Waals surface area (Å²) in [7, 11) is 0. The number of nitrogens with zero attached hydrogens (tertiary/aromatic N) is 2. The maximum Gasteiger partial charge on any atom is 0.314 e. The van der Waals surface area contributed by atoms with Gasteiger partial charge in [0.05, 0.1) is 11.4 Å². The van der Waals surface area contributed by atoms with E-state index in [1.165, 1.54) is 6.42 Å². The van der Waals surface area contributed by atoms with Gasteiger partial charge in [-0.3, -0.25) is 9.59 Å². The second-order valence-electron chi connectivity index (χ2n) is 7.31. The summed E-state index contributed by atoms with van der Waals surface area (Å²) in [6.07, 6.45) is 4.33. The van der Waals surface area contributed by atoms with Crippen LogP contribution in [0.2, 0.25) is 0 Å². The molecule has 2 N–H and O–H groups in total. The number of para-hydroxylation sites is 1. The summed E-state index contributed by atoms with van der Waals surface area (Å²) in [5, 5.41) is 10.4. The standard InChI is InChI=1S/C20H24N4O2S/c1-13-7-5-6-10-16(13)21-19(25)20(26)22-18-15-11-27-12-17(15)23-24(18)14-8-3-2-4-9-14/h2-4,8-9,13,16H,5-7,10-12H2,1H3,(H,21,25)(H,22,26)/t13-,16+/m0/s1. The Morgan fingerprint density at radius 3 is 2.67 bits per heavy atom. The van der Waals surface area contributed by atoms with Gasteiger partial charge in [-0.15, -0.1) is 0 Å². The second kappa shape index (κ2) is 7.76. The molecule has 1 aliphatic heterocycles. The Kier molecular flexibility index (Phi) is 5.20. The number of carbonyl (C=O) groups excluding carboxylic acids is 2. The molecule has 0 bridgehead atoms. The number of fused-ring (bicyclic) bond motifs is 1. The average molecular weight is 385 g/mol. The maximum atomic E-state index is 12.6. The zero-order valence-electron chi connectivity index (χ0n) is 15.4. The van der Waals surface area contributed by atoms with Crippen LogP contribution in [0.1, 0.15) is 43.9 Å². The minimum atomic E-state index is -0.621. The number of nitrogens with one attached hydrogen (secondary N) is 2. The Bertz CT molecular complexity index is 849. The third-order valence-electron chi connectivity index (χ3n) is 5.42. The quantitative estimate of drug-likeness (QED) is 0.797. The molecule has 0 saturated heterocycles. The molecule has 0 unspecified atom stereocenters. The van der Waals surface area contributed by atoms with Crippen molar-refractivity contribution in [2.24, 2.45) is 5.92 Å². The van der Waals surface area contributed by atoms with Crippen LogP contribution in [0.4, 0.5) is 5.82 Å². The number of benzene rings is 1. The van der Waals surface area contributed by atoms with Crippen LogP contribution in [-0.4, -0.2) is 27.6 Å². The van der Waals surface area contributed by atoms with E-state index in [-0.39, 0.29) is 6.04 Å². The highest BCUT2D eigenvalue weighted by Gasteiger charge is 2.29. The van der Waals surface area contributed by atoms with Gasteiger partial charge in [-0.25, -0.2) is 4.68 Å². The number of rotatable bonds is 3. The molecule has 0 spiro atoms. The van der Waals surface area contributed by atoms with Crippen LogP contribution in [0.5, 0.6) is 0 Å². The number of anilines is 1. The van der Waals surface area contributed by atoms with Gasteiger partial charge in [-0.1, -0.05) is 38.0 Å². The van der Waals surface area contributed by atoms with Crippen molar-refractivity contribution in [3.8, 4) is 5.69 Å². The molecule has 142 valence electrons. The van der Waals surface area contributed by atoms with Crippen molar-refractivity contribution in [3.05, 3.63) is 41.6 Å². The average Bonchev–Trinajstić information content (AvgIpc) is 3.27. The third-order valence-corrected chi connectivity index (χ3v) is 6.39. The molecule has 1 aliphatic carbocycles. The number of hydrogen-bond acceptors (Lipinski definition) is 4. The molecule has 1 saturated carbocycles. The van der Waals surface area contributed by atoms with E-state index in [1.807, 2.05) is 30.3 Å². The van der Waals surface area contributed by atoms with Crippen molar-refractivity contribution in [1.82, 2.24) is 15.1 Å². The minimum absolute atomic E-state index is 0.0808. The lowest BCUT2D eigenvalue weighted by Gasteiger charge is -2.29. The maximum absolute atomic E-state index is 12.6. The Morgan fingerprint density at radius 2 is 1.89 bits per heavy atom. The van der Waals surface area contributed by atoms with Gasteiger partial charge in [0.15, 0.2) is 0 Å². The highest BCUT2D eigenvalue weighted by molar-refractivity contribution is 7.98. The summed E-state index contributed by atoms with van der Waals surface area (Å²) >= 11 is 1.76. The number of amides is 2. The third kappa shape index (κ3) is 3.74. The lowest BCUT2D eigenvalue weighted by Crippen LogP contribution is -2.46. The van der Waals surface area contributed by atoms with Crippen LogP contribution in [0, 0.1) is 5.92 Å². The summed E-state index contributed by atoms with van der Waals surface area (Å²) in [5.41, 5.74) is 2.85. The van der Waals surface area contributed by atoms with Crippen LogP contribution in [0.15, 0.2) is 30.3 Å². The summed E-state index contributed by atoms with van der Waals surface area (Å²) in [6.45, 7) is 2.14. The fourth-order valence-electron chi connectivity index (χ4n) is 3.83. The van der Waals surface area contributed by atoms with E-state index in [4.69, 9.17) is 0 Å². The van der Waals surface area contributed by atoms with Crippen molar-refractivity contribution in [3.63, 3.8) is 0 Å². The monoisotopic (exact) mass is 384 g/mol. The van der Waals surface area contributed by atoms with E-state index in [0.717, 1.165) is 47.7 Å². The van der Waals surface area contributed by atoms with Gasteiger partial charge >= 0.3 is 11.8 Å². The Morgan fingerprint density at radius 1 is 1.11 bits per heavy atom. The van der Waals surface area contributed by atoms with E-state index < -0.39 is 11.8 Å². The van der Waals surface area contributed by atoms with Gasteiger partial charge in [-0.05, 0) is 30.9 Å². The fourth-order valence-corrected chi connectivity index (χ4v) is 4.86. The van der Waals surface area contributed by atoms with Crippen molar-refractivity contribution < 1.29 is 9.59 Å². The van der Waals surface area contributed by atoms with E-state index in [2.05, 4.69) is 22.7 Å². The van der Waals surface area contributed by atoms with Crippen LogP contribution >= 0.6 is 11.8 Å². The predicted molar refractivity (Wildman–Crippen MR) is 107 cm³/mol. The lowest BCUT2D eigenvalue weighted by molar-refractivity contribution is -0.137. The molecule has 2 heterocycles. The summed E-state index contributed by atoms with van der Waals surface area (Å²) in [4.78, 5) is 25.1. The molecule has 2 amide bonds. The molecular formula is C20H24N4O2S.